The fourth-order valence-corrected chi connectivity index (χ4v) is 7.79. The molecule has 40 heavy (non-hydrogen) atoms. The summed E-state index contributed by atoms with van der Waals surface area (Å²) >= 11 is 5.23. The summed E-state index contributed by atoms with van der Waals surface area (Å²) in [6.45, 7) is 0. The molecule has 5 rings (SSSR count). The van der Waals surface area contributed by atoms with E-state index in [0.717, 1.165) is 31.8 Å². The Morgan fingerprint density at radius 1 is 1.27 bits per heavy atom. The number of carboxylic acid groups (broad SMARTS) is 1. The Balaban J connectivity index is 0.00000370. The molecule has 202 valence electrons. The molecule has 2 amide bonds. The van der Waals surface area contributed by atoms with Crippen molar-refractivity contribution in [2.75, 3.05) is 24.3 Å². The summed E-state index contributed by atoms with van der Waals surface area (Å²) in [4.78, 5) is 52.5. The maximum absolute atomic E-state index is 13.0. The van der Waals surface area contributed by atoms with Crippen molar-refractivity contribution in [1.82, 2.24) is 20.2 Å². The molecule has 12 nitrogen and oxygen atoms in total. The number of carboxylic acids is 1. The average Bonchev–Trinajstić information content (AvgIpc) is 3.57. The number of benzene rings is 1. The SMILES string of the molecule is CON=C(C(=O)N[C@@H]1C(=O)N2C(C(=O)[O-])=C(CSc3nc(-c4ccc(O)cc4)cs3)CS[C@H]12)c1csc(N)n1.[Na+]. The van der Waals surface area contributed by atoms with Crippen molar-refractivity contribution in [3.8, 4) is 17.0 Å². The number of nitrogens with one attached hydrogen (secondary N) is 1. The molecule has 2 aliphatic heterocycles. The van der Waals surface area contributed by atoms with E-state index in [0.29, 0.717) is 17.1 Å². The maximum atomic E-state index is 13.0. The van der Waals surface area contributed by atoms with E-state index < -0.39 is 29.2 Å². The molecular formula is C23H19N6NaO6S4. The van der Waals surface area contributed by atoms with Crippen molar-refractivity contribution in [2.45, 2.75) is 15.8 Å². The number of phenolic OH excluding ortho intramolecular Hbond substituents is 1. The number of rotatable bonds is 9. The minimum Gasteiger partial charge on any atom is -0.543 e. The fraction of sp³-hybridized carbons (Fsp3) is 0.217. The third-order valence-electron chi connectivity index (χ3n) is 5.71. The van der Waals surface area contributed by atoms with Gasteiger partial charge in [0.1, 0.15) is 30.0 Å². The molecule has 0 spiro atoms. The first-order chi connectivity index (χ1) is 18.8. The molecule has 17 heteroatoms. The molecule has 2 aromatic heterocycles. The van der Waals surface area contributed by atoms with E-state index in [-0.39, 0.29) is 57.5 Å². The number of thioether (sulfide) groups is 2. The molecule has 2 aliphatic rings. The second-order valence-corrected chi connectivity index (χ2v) is 12.2. The van der Waals surface area contributed by atoms with Crippen LogP contribution in [0.25, 0.3) is 11.3 Å². The van der Waals surface area contributed by atoms with Gasteiger partial charge in [0.15, 0.2) is 15.2 Å². The van der Waals surface area contributed by atoms with Crippen LogP contribution in [0.3, 0.4) is 0 Å². The van der Waals surface area contributed by atoms with Crippen LogP contribution in [-0.2, 0) is 19.2 Å². The van der Waals surface area contributed by atoms with Crippen molar-refractivity contribution in [1.29, 1.82) is 0 Å². The summed E-state index contributed by atoms with van der Waals surface area (Å²) in [6, 6.07) is 5.71. The number of aromatic nitrogens is 2. The smallest absolute Gasteiger partial charge is 0.543 e. The molecule has 1 aromatic carbocycles. The molecule has 0 aliphatic carbocycles. The molecule has 3 aromatic rings. The largest absolute Gasteiger partial charge is 1.00 e. The van der Waals surface area contributed by atoms with E-state index in [2.05, 4.69) is 20.4 Å². The van der Waals surface area contributed by atoms with E-state index in [1.54, 1.807) is 24.3 Å². The molecule has 1 saturated heterocycles. The third-order valence-corrected chi connectivity index (χ3v) is 9.83. The van der Waals surface area contributed by atoms with Gasteiger partial charge in [-0.15, -0.1) is 34.4 Å². The number of phenols is 1. The van der Waals surface area contributed by atoms with Gasteiger partial charge in [0.05, 0.1) is 17.4 Å². The van der Waals surface area contributed by atoms with Gasteiger partial charge >= 0.3 is 29.6 Å². The number of carbonyl (C=O) groups excluding carboxylic acids is 3. The molecular weight excluding hydrogens is 608 g/mol. The number of nitrogens with two attached hydrogens (primary N) is 1. The van der Waals surface area contributed by atoms with Crippen LogP contribution in [0, 0.1) is 0 Å². The van der Waals surface area contributed by atoms with Gasteiger partial charge < -0.3 is 30.9 Å². The number of aliphatic carboxylic acids is 1. The van der Waals surface area contributed by atoms with Crippen LogP contribution >= 0.6 is 46.2 Å². The van der Waals surface area contributed by atoms with Gasteiger partial charge in [0.2, 0.25) is 0 Å². The summed E-state index contributed by atoms with van der Waals surface area (Å²) in [5.74, 6) is -1.95. The van der Waals surface area contributed by atoms with Crippen molar-refractivity contribution in [3.63, 3.8) is 0 Å². The average molecular weight is 627 g/mol. The molecule has 2 atom stereocenters. The summed E-state index contributed by atoms with van der Waals surface area (Å²) in [5, 5.41) is 30.9. The Morgan fingerprint density at radius 2 is 2.02 bits per heavy atom. The fourth-order valence-electron chi connectivity index (χ4n) is 3.92. The van der Waals surface area contributed by atoms with Crippen LogP contribution in [0.4, 0.5) is 5.13 Å². The van der Waals surface area contributed by atoms with Gasteiger partial charge in [-0.05, 0) is 29.8 Å². The molecule has 1 fully saturated rings. The van der Waals surface area contributed by atoms with Crippen molar-refractivity contribution < 1.29 is 59.0 Å². The second-order valence-electron chi connectivity index (χ2n) is 8.13. The Labute approximate surface area is 266 Å². The van der Waals surface area contributed by atoms with Gasteiger partial charge in [-0.2, -0.15) is 0 Å². The molecule has 4 N–H and O–H groups in total. The standard InChI is InChI=1S/C23H20N6O6S4.Na/c1-35-28-15(14-9-37-22(24)25-14)18(31)27-16-19(32)29-17(21(33)34)11(6-36-20(16)29)7-38-23-26-13(8-39-23)10-2-4-12(30)5-3-10;/h2-5,8-9,16,20,30H,6-7H2,1H3,(H2,24,25)(H,27,31)(H,33,34);/q;+1/p-1/t16-,20-;/m1./s1. The summed E-state index contributed by atoms with van der Waals surface area (Å²) in [5.41, 5.74) is 7.62. The number of oxime groups is 1. The Kier molecular flexibility index (Phi) is 9.81. The van der Waals surface area contributed by atoms with E-state index >= 15 is 0 Å². The minimum absolute atomic E-state index is 0. The van der Waals surface area contributed by atoms with Crippen LogP contribution in [0.1, 0.15) is 5.69 Å². The summed E-state index contributed by atoms with van der Waals surface area (Å²) in [6.07, 6.45) is 0. The first-order valence-corrected chi connectivity index (χ1v) is 15.0. The monoisotopic (exact) mass is 626 g/mol. The number of aromatic hydroxyl groups is 1. The number of nitrogen functional groups attached to an aromatic ring is 1. The predicted molar refractivity (Wildman–Crippen MR) is 147 cm³/mol. The van der Waals surface area contributed by atoms with Crippen LogP contribution in [-0.4, -0.2) is 73.5 Å². The number of amides is 2. The number of fused-ring (bicyclic) bond motifs is 1. The van der Waals surface area contributed by atoms with Gasteiger partial charge in [0, 0.05) is 27.8 Å². The van der Waals surface area contributed by atoms with E-state index in [9.17, 15) is 24.6 Å². The van der Waals surface area contributed by atoms with Crippen LogP contribution in [0.2, 0.25) is 0 Å². The maximum Gasteiger partial charge on any atom is 1.00 e. The predicted octanol–water partition coefficient (Wildman–Crippen LogP) is -1.89. The molecule has 0 saturated carbocycles. The number of thiazole rings is 2. The number of nitrogens with zero attached hydrogens (tertiary/aromatic N) is 4. The van der Waals surface area contributed by atoms with Gasteiger partial charge in [-0.25, -0.2) is 9.97 Å². The Bertz CT molecular complexity index is 1510. The zero-order valence-corrected chi connectivity index (χ0v) is 26.3. The number of anilines is 1. The summed E-state index contributed by atoms with van der Waals surface area (Å²) < 4.78 is 0.725. The van der Waals surface area contributed by atoms with Gasteiger partial charge in [0.25, 0.3) is 11.8 Å². The van der Waals surface area contributed by atoms with E-state index in [4.69, 9.17) is 10.6 Å². The first-order valence-electron chi connectivity index (χ1n) is 11.2. The molecule has 4 heterocycles. The van der Waals surface area contributed by atoms with Gasteiger partial charge in [-0.3, -0.25) is 14.5 Å². The van der Waals surface area contributed by atoms with Crippen molar-refractivity contribution in [3.05, 3.63) is 52.0 Å². The van der Waals surface area contributed by atoms with Crippen LogP contribution in [0.15, 0.2) is 55.8 Å². The zero-order chi connectivity index (χ0) is 27.7. The van der Waals surface area contributed by atoms with Crippen molar-refractivity contribution >= 4 is 74.8 Å². The molecule has 0 radical (unpaired) electrons. The van der Waals surface area contributed by atoms with E-state index in [1.165, 1.54) is 47.4 Å². The Hall–Kier alpha value is -2.60. The number of hydrogen-bond acceptors (Lipinski definition) is 14. The zero-order valence-electron chi connectivity index (χ0n) is 21.0. The van der Waals surface area contributed by atoms with Crippen LogP contribution in [0.5, 0.6) is 5.75 Å². The second kappa shape index (κ2) is 12.9. The van der Waals surface area contributed by atoms with Gasteiger partial charge in [-0.1, -0.05) is 16.9 Å². The first kappa shape index (κ1) is 30.4. The topological polar surface area (TPSA) is 183 Å². The minimum atomic E-state index is -1.46. The quantitative estimate of drug-likeness (QED) is 0.0793. The van der Waals surface area contributed by atoms with Crippen LogP contribution < -0.4 is 45.7 Å². The Morgan fingerprint density at radius 3 is 2.67 bits per heavy atom. The third kappa shape index (κ3) is 6.17. The van der Waals surface area contributed by atoms with E-state index in [1.807, 2.05) is 5.38 Å². The number of carbonyl (C=O) groups is 3. The molecule has 0 unspecified atom stereocenters. The number of β-lactam (4-membered cyclic amide) rings is 1. The van der Waals surface area contributed by atoms with Crippen molar-refractivity contribution in [2.24, 2.45) is 5.16 Å². The molecule has 0 bridgehead atoms. The normalized spacial score (nSPS) is 18.5. The summed E-state index contributed by atoms with van der Waals surface area (Å²) in [7, 11) is 1.27. The number of hydrogen-bond donors (Lipinski definition) is 3.